The van der Waals surface area contributed by atoms with E-state index >= 15 is 0 Å². The first-order chi connectivity index (χ1) is 15.1. The van der Waals surface area contributed by atoms with Gasteiger partial charge in [0.05, 0.1) is 5.56 Å². The summed E-state index contributed by atoms with van der Waals surface area (Å²) in [5, 5.41) is 5.20. The van der Waals surface area contributed by atoms with Crippen molar-refractivity contribution in [2.75, 3.05) is 24.7 Å². The zero-order chi connectivity index (χ0) is 23.3. The fraction of sp³-hybridized carbons (Fsp3) is 0.190. The number of carbonyl (C=O) groups is 1. The molecule has 0 aliphatic carbocycles. The Hall–Kier alpha value is -3.37. The lowest BCUT2D eigenvalue weighted by molar-refractivity contribution is -0.138. The number of urea groups is 1. The minimum absolute atomic E-state index is 0.0259. The molecule has 0 radical (unpaired) electrons. The van der Waals surface area contributed by atoms with Crippen LogP contribution in [0.2, 0.25) is 5.15 Å². The van der Waals surface area contributed by atoms with Gasteiger partial charge in [-0.15, -0.1) is 0 Å². The number of rotatable bonds is 6. The van der Waals surface area contributed by atoms with E-state index in [0.29, 0.717) is 11.4 Å². The highest BCUT2D eigenvalue weighted by atomic mass is 35.5. The minimum Gasteiger partial charge on any atom is -0.439 e. The maximum Gasteiger partial charge on any atom is 0.416 e. The van der Waals surface area contributed by atoms with Crippen LogP contribution in [0.3, 0.4) is 0 Å². The number of aromatic nitrogens is 2. The van der Waals surface area contributed by atoms with Crippen molar-refractivity contribution in [2.24, 2.45) is 0 Å². The van der Waals surface area contributed by atoms with Crippen LogP contribution < -0.4 is 15.4 Å². The number of anilines is 2. The van der Waals surface area contributed by atoms with E-state index in [1.807, 2.05) is 0 Å². The first-order valence-corrected chi connectivity index (χ1v) is 9.66. The normalized spacial score (nSPS) is 11.3. The Kier molecular flexibility index (Phi) is 7.16. The van der Waals surface area contributed by atoms with Gasteiger partial charge in [-0.3, -0.25) is 0 Å². The van der Waals surface area contributed by atoms with Gasteiger partial charge in [-0.25, -0.2) is 14.8 Å². The number of nitrogens with one attached hydrogen (secondary N) is 2. The number of ether oxygens (including phenoxy) is 1. The van der Waals surface area contributed by atoms with Crippen LogP contribution in [0.4, 0.5) is 29.3 Å². The van der Waals surface area contributed by atoms with Gasteiger partial charge in [-0.2, -0.15) is 13.2 Å². The average molecular weight is 466 g/mol. The number of halogens is 4. The number of alkyl halides is 3. The molecule has 2 N–H and O–H groups in total. The lowest BCUT2D eigenvalue weighted by Crippen LogP contribution is -2.21. The Labute approximate surface area is 187 Å². The van der Waals surface area contributed by atoms with Crippen molar-refractivity contribution >= 4 is 29.0 Å². The average Bonchev–Trinajstić information content (AvgIpc) is 2.69. The van der Waals surface area contributed by atoms with Gasteiger partial charge in [-0.1, -0.05) is 17.7 Å². The predicted octanol–water partition coefficient (Wildman–Crippen LogP) is 5.65. The van der Waals surface area contributed by atoms with Crippen molar-refractivity contribution in [2.45, 2.75) is 12.7 Å². The van der Waals surface area contributed by atoms with Crippen molar-refractivity contribution in [3.63, 3.8) is 0 Å². The highest BCUT2D eigenvalue weighted by Crippen LogP contribution is 2.34. The molecule has 1 heterocycles. The highest BCUT2D eigenvalue weighted by molar-refractivity contribution is 6.29. The molecule has 1 aromatic heterocycles. The first kappa shape index (κ1) is 23.3. The number of hydrogen-bond acceptors (Lipinski definition) is 5. The third-order valence-corrected chi connectivity index (χ3v) is 4.31. The molecule has 7 nitrogen and oxygen atoms in total. The Morgan fingerprint density at radius 1 is 1.03 bits per heavy atom. The van der Waals surface area contributed by atoms with Gasteiger partial charge in [0.1, 0.15) is 17.2 Å². The SMILES string of the molecule is CN(C)Cc1ccc(NC(=O)Nc2ccc(Oc3cc(Cl)ncn3)cc2)cc1C(F)(F)F. The monoisotopic (exact) mass is 465 g/mol. The van der Waals surface area contributed by atoms with Crippen LogP contribution in [-0.2, 0) is 12.7 Å². The molecule has 2 amide bonds. The van der Waals surface area contributed by atoms with Crippen LogP contribution in [0, 0.1) is 0 Å². The van der Waals surface area contributed by atoms with E-state index in [1.54, 1.807) is 43.3 Å². The fourth-order valence-corrected chi connectivity index (χ4v) is 2.93. The van der Waals surface area contributed by atoms with Crippen LogP contribution in [0.1, 0.15) is 11.1 Å². The summed E-state index contributed by atoms with van der Waals surface area (Å²) >= 11 is 5.78. The van der Waals surface area contributed by atoms with Crippen molar-refractivity contribution in [3.05, 3.63) is 71.1 Å². The number of amides is 2. The van der Waals surface area contributed by atoms with E-state index in [-0.39, 0.29) is 28.8 Å². The molecule has 0 bridgehead atoms. The second-order valence-corrected chi connectivity index (χ2v) is 7.38. The summed E-state index contributed by atoms with van der Waals surface area (Å²) < 4.78 is 45.7. The molecule has 3 aromatic rings. The molecule has 0 saturated heterocycles. The quantitative estimate of drug-likeness (QED) is 0.460. The van der Waals surface area contributed by atoms with E-state index in [2.05, 4.69) is 20.6 Å². The molecule has 0 saturated carbocycles. The molecule has 0 aliphatic heterocycles. The summed E-state index contributed by atoms with van der Waals surface area (Å²) in [5.41, 5.74) is -0.238. The molecular formula is C21H19ClF3N5O2. The second kappa shape index (κ2) is 9.84. The molecule has 0 atom stereocenters. The topological polar surface area (TPSA) is 79.4 Å². The summed E-state index contributed by atoms with van der Waals surface area (Å²) in [4.78, 5) is 21.6. The summed E-state index contributed by atoms with van der Waals surface area (Å²) in [6, 6.07) is 10.8. The third-order valence-electron chi connectivity index (χ3n) is 4.10. The molecule has 3 rings (SSSR count). The highest BCUT2D eigenvalue weighted by Gasteiger charge is 2.33. The molecule has 0 aliphatic rings. The van der Waals surface area contributed by atoms with Gasteiger partial charge in [0.25, 0.3) is 0 Å². The number of carbonyl (C=O) groups excluding carboxylic acids is 1. The van der Waals surface area contributed by atoms with E-state index in [9.17, 15) is 18.0 Å². The lowest BCUT2D eigenvalue weighted by atomic mass is 10.1. The first-order valence-electron chi connectivity index (χ1n) is 9.28. The predicted molar refractivity (Wildman–Crippen MR) is 115 cm³/mol. The second-order valence-electron chi connectivity index (χ2n) is 6.99. The van der Waals surface area contributed by atoms with Gasteiger partial charge in [0.2, 0.25) is 5.88 Å². The van der Waals surface area contributed by atoms with Crippen LogP contribution >= 0.6 is 11.6 Å². The van der Waals surface area contributed by atoms with Crippen LogP contribution in [0.15, 0.2) is 54.9 Å². The van der Waals surface area contributed by atoms with Crippen molar-refractivity contribution in [1.82, 2.24) is 14.9 Å². The largest absolute Gasteiger partial charge is 0.439 e. The van der Waals surface area contributed by atoms with E-state index in [4.69, 9.17) is 16.3 Å². The van der Waals surface area contributed by atoms with Gasteiger partial charge in [0.15, 0.2) is 0 Å². The minimum atomic E-state index is -4.54. The smallest absolute Gasteiger partial charge is 0.416 e. The maximum absolute atomic E-state index is 13.4. The zero-order valence-electron chi connectivity index (χ0n) is 17.1. The molecule has 0 spiro atoms. The van der Waals surface area contributed by atoms with Gasteiger partial charge in [0, 0.05) is 24.0 Å². The number of nitrogens with zero attached hydrogens (tertiary/aromatic N) is 3. The number of benzene rings is 2. The summed E-state index contributed by atoms with van der Waals surface area (Å²) in [6.45, 7) is 0.122. The fourth-order valence-electron chi connectivity index (χ4n) is 2.79. The molecule has 0 unspecified atom stereocenters. The lowest BCUT2D eigenvalue weighted by Gasteiger charge is -2.18. The number of hydrogen-bond donors (Lipinski definition) is 2. The van der Waals surface area contributed by atoms with Crippen molar-refractivity contribution in [3.8, 4) is 11.6 Å². The van der Waals surface area contributed by atoms with Gasteiger partial charge in [-0.05, 0) is 56.1 Å². The van der Waals surface area contributed by atoms with E-state index in [1.165, 1.54) is 24.5 Å². The molecule has 168 valence electrons. The van der Waals surface area contributed by atoms with Crippen molar-refractivity contribution < 1.29 is 22.7 Å². The van der Waals surface area contributed by atoms with Crippen LogP contribution in [0.25, 0.3) is 0 Å². The summed E-state index contributed by atoms with van der Waals surface area (Å²) in [6.07, 6.45) is -3.28. The molecule has 2 aromatic carbocycles. The Balaban J connectivity index is 1.65. The van der Waals surface area contributed by atoms with Gasteiger partial charge >= 0.3 is 12.2 Å². The van der Waals surface area contributed by atoms with E-state index < -0.39 is 17.8 Å². The molecule has 32 heavy (non-hydrogen) atoms. The molecule has 11 heteroatoms. The maximum atomic E-state index is 13.4. The Morgan fingerprint density at radius 2 is 1.69 bits per heavy atom. The zero-order valence-corrected chi connectivity index (χ0v) is 17.8. The van der Waals surface area contributed by atoms with Gasteiger partial charge < -0.3 is 20.3 Å². The van der Waals surface area contributed by atoms with Crippen LogP contribution in [-0.4, -0.2) is 35.0 Å². The third kappa shape index (κ3) is 6.56. The molecule has 0 fully saturated rings. The standard InChI is InChI=1S/C21H19ClF3N5O2/c1-30(2)11-13-3-4-15(9-17(13)21(23,24)25)29-20(31)28-14-5-7-16(8-6-14)32-19-10-18(22)26-12-27-19/h3-10,12H,11H2,1-2H3,(H2,28,29,31). The molecular weight excluding hydrogens is 447 g/mol. The summed E-state index contributed by atoms with van der Waals surface area (Å²) in [5.74, 6) is 0.693. The van der Waals surface area contributed by atoms with E-state index in [0.717, 1.165) is 6.07 Å². The van der Waals surface area contributed by atoms with Crippen LogP contribution in [0.5, 0.6) is 11.6 Å². The summed E-state index contributed by atoms with van der Waals surface area (Å²) in [7, 11) is 3.36. The Bertz CT molecular complexity index is 1090. The van der Waals surface area contributed by atoms with Crippen molar-refractivity contribution in [1.29, 1.82) is 0 Å². The Morgan fingerprint density at radius 3 is 2.31 bits per heavy atom.